The van der Waals surface area contributed by atoms with Gasteiger partial charge in [-0.05, 0) is 36.6 Å². The zero-order valence-corrected chi connectivity index (χ0v) is 29.4. The molecular weight excluding hydrogens is 720 g/mol. The average Bonchev–Trinajstić information content (AvgIpc) is 3.17. The maximum atomic E-state index is 11.1. The Bertz CT molecular complexity index is 1460. The van der Waals surface area contributed by atoms with Gasteiger partial charge in [-0.2, -0.15) is 0 Å². The van der Waals surface area contributed by atoms with Crippen LogP contribution in [0.1, 0.15) is 25.8 Å². The van der Waals surface area contributed by atoms with E-state index in [0.29, 0.717) is 17.6 Å². The minimum Gasteiger partial charge on any atom is -0.462 e. The van der Waals surface area contributed by atoms with Crippen LogP contribution in [0.3, 0.4) is 0 Å². The van der Waals surface area contributed by atoms with E-state index >= 15 is 0 Å². The summed E-state index contributed by atoms with van der Waals surface area (Å²) in [6, 6.07) is 4.41. The third-order valence-corrected chi connectivity index (χ3v) is 10.2. The van der Waals surface area contributed by atoms with Crippen molar-refractivity contribution in [3.63, 3.8) is 0 Å². The standard InChI is InChI=1S/C35H50N2O17/c1-4-16-11-18(23(41)25(43)22(16)40)37-21-14(2)49-33(28(46)24(21)42)53-31-20(13-39)52-35(30(48)27(31)45)54-32-19(12-38)51-34(29(47)26(32)44)50-17-7-5-15(6-8-17)9-10-36-3/h5-11,14,18-35,37-48H,4,12-13H2,1-2H3/b10-9+. The van der Waals surface area contributed by atoms with Gasteiger partial charge in [0, 0.05) is 0 Å². The normalized spacial score (nSPS) is 44.4. The van der Waals surface area contributed by atoms with Crippen molar-refractivity contribution < 1.29 is 84.6 Å². The monoisotopic (exact) mass is 770 g/mol. The van der Waals surface area contributed by atoms with Crippen LogP contribution in [0.2, 0.25) is 0 Å². The van der Waals surface area contributed by atoms with Crippen LogP contribution in [-0.4, -0.2) is 186 Å². The number of nitrogens with zero attached hydrogens (tertiary/aromatic N) is 1. The Morgan fingerprint density at radius 1 is 0.722 bits per heavy atom. The molecule has 5 rings (SSSR count). The highest BCUT2D eigenvalue weighted by Crippen LogP contribution is 2.34. The molecule has 0 saturated carbocycles. The van der Waals surface area contributed by atoms with Gasteiger partial charge in [0.15, 0.2) is 18.8 Å². The molecule has 1 aliphatic carbocycles. The molecule has 19 unspecified atom stereocenters. The van der Waals surface area contributed by atoms with Crippen molar-refractivity contribution in [3.8, 4) is 5.75 Å². The maximum absolute atomic E-state index is 11.1. The van der Waals surface area contributed by atoms with E-state index in [0.717, 1.165) is 0 Å². The molecule has 19 heteroatoms. The lowest BCUT2D eigenvalue weighted by molar-refractivity contribution is -0.372. The first kappa shape index (κ1) is 42.5. The van der Waals surface area contributed by atoms with E-state index in [4.69, 9.17) is 35.0 Å². The van der Waals surface area contributed by atoms with Crippen LogP contribution >= 0.6 is 0 Å². The van der Waals surface area contributed by atoms with Crippen LogP contribution < -0.4 is 10.1 Å². The Morgan fingerprint density at radius 2 is 1.26 bits per heavy atom. The summed E-state index contributed by atoms with van der Waals surface area (Å²) in [5.74, 6) is 0.236. The molecule has 0 aromatic heterocycles. The van der Waals surface area contributed by atoms with Crippen molar-refractivity contribution in [2.45, 2.75) is 137 Å². The van der Waals surface area contributed by atoms with Gasteiger partial charge in [0.1, 0.15) is 85.1 Å². The van der Waals surface area contributed by atoms with Gasteiger partial charge in [-0.1, -0.05) is 31.2 Å². The third-order valence-electron chi connectivity index (χ3n) is 10.2. The number of ether oxygens (including phenoxy) is 6. The molecule has 12 N–H and O–H groups in total. The van der Waals surface area contributed by atoms with Crippen molar-refractivity contribution in [2.75, 3.05) is 13.2 Å². The average molecular weight is 771 g/mol. The fourth-order valence-corrected chi connectivity index (χ4v) is 6.99. The fourth-order valence-electron chi connectivity index (χ4n) is 6.99. The molecule has 19 nitrogen and oxygen atoms in total. The second-order valence-electron chi connectivity index (χ2n) is 13.7. The predicted octanol–water partition coefficient (Wildman–Crippen LogP) is -4.17. The summed E-state index contributed by atoms with van der Waals surface area (Å²) in [7, 11) is 0. The number of aliphatic hydroxyl groups is 11. The van der Waals surface area contributed by atoms with Gasteiger partial charge in [-0.3, -0.25) is 0 Å². The number of hydrogen-bond donors (Lipinski definition) is 12. The Morgan fingerprint density at radius 3 is 1.81 bits per heavy atom. The van der Waals surface area contributed by atoms with E-state index in [2.05, 4.69) is 10.2 Å². The molecule has 54 heavy (non-hydrogen) atoms. The zero-order chi connectivity index (χ0) is 39.4. The van der Waals surface area contributed by atoms with Crippen molar-refractivity contribution in [2.24, 2.45) is 0 Å². The van der Waals surface area contributed by atoms with Gasteiger partial charge < -0.3 is 89.9 Å². The second kappa shape index (κ2) is 18.5. The van der Waals surface area contributed by atoms with Gasteiger partial charge >= 0.3 is 0 Å². The molecule has 0 spiro atoms. The van der Waals surface area contributed by atoms with Crippen molar-refractivity contribution in [3.05, 3.63) is 59.1 Å². The van der Waals surface area contributed by atoms with Crippen molar-refractivity contribution in [1.29, 1.82) is 0 Å². The van der Waals surface area contributed by atoms with Crippen molar-refractivity contribution >= 4 is 6.08 Å². The number of hydrogen-bond acceptors (Lipinski definition) is 18. The van der Waals surface area contributed by atoms with E-state index in [1.54, 1.807) is 37.3 Å². The van der Waals surface area contributed by atoms with E-state index in [9.17, 15) is 56.2 Å². The Balaban J connectivity index is 1.21. The van der Waals surface area contributed by atoms with Crippen LogP contribution in [0.25, 0.3) is 10.9 Å². The zero-order valence-electron chi connectivity index (χ0n) is 29.4. The molecule has 19 atom stereocenters. The predicted molar refractivity (Wildman–Crippen MR) is 181 cm³/mol. The van der Waals surface area contributed by atoms with Crippen molar-refractivity contribution in [1.82, 2.24) is 5.32 Å². The molecule has 0 radical (unpaired) electrons. The number of rotatable bonds is 12. The van der Waals surface area contributed by atoms with Gasteiger partial charge in [0.05, 0.1) is 38.0 Å². The molecule has 1 aromatic carbocycles. The van der Waals surface area contributed by atoms with Crippen LogP contribution in [0.5, 0.6) is 5.75 Å². The molecular formula is C35H50N2O17. The summed E-state index contributed by atoms with van der Waals surface area (Å²) in [6.45, 7) is 8.55. The minimum atomic E-state index is -1.93. The van der Waals surface area contributed by atoms with E-state index < -0.39 is 130 Å². The molecule has 4 aliphatic rings. The first-order valence-corrected chi connectivity index (χ1v) is 17.6. The molecule has 1 aromatic rings. The minimum absolute atomic E-state index is 0.236. The van der Waals surface area contributed by atoms with E-state index in [-0.39, 0.29) is 5.75 Å². The number of benzene rings is 1. The maximum Gasteiger partial charge on any atom is 0.229 e. The van der Waals surface area contributed by atoms with Crippen LogP contribution in [-0.2, 0) is 23.7 Å². The quantitative estimate of drug-likeness (QED) is 0.0709. The first-order valence-electron chi connectivity index (χ1n) is 17.6. The largest absolute Gasteiger partial charge is 0.462 e. The lowest BCUT2D eigenvalue weighted by atomic mass is 9.85. The van der Waals surface area contributed by atoms with Gasteiger partial charge in [-0.15, -0.1) is 0 Å². The molecule has 3 saturated heterocycles. The highest BCUT2D eigenvalue weighted by Gasteiger charge is 2.54. The summed E-state index contributed by atoms with van der Waals surface area (Å²) >= 11 is 0. The number of aliphatic hydroxyl groups excluding tert-OH is 11. The Labute approximate surface area is 310 Å². The molecule has 0 amide bonds. The topological polar surface area (TPSA) is 294 Å². The fraction of sp³-hybridized carbons (Fsp3) is 0.686. The molecule has 3 aliphatic heterocycles. The number of nitrogens with one attached hydrogen (secondary N) is 1. The van der Waals surface area contributed by atoms with Crippen LogP contribution in [0, 0.1) is 6.57 Å². The summed E-state index contributed by atoms with van der Waals surface area (Å²) in [5, 5.41) is 120. The molecule has 3 heterocycles. The Kier molecular flexibility index (Phi) is 14.5. The Hall–Kier alpha value is -2.69. The lowest BCUT2D eigenvalue weighted by Crippen LogP contribution is -2.68. The summed E-state index contributed by atoms with van der Waals surface area (Å²) in [5.41, 5.74) is 1.16. The second-order valence-corrected chi connectivity index (χ2v) is 13.7. The summed E-state index contributed by atoms with van der Waals surface area (Å²) in [6.07, 6.45) is -21.9. The summed E-state index contributed by atoms with van der Waals surface area (Å²) in [4.78, 5) is 3.13. The smallest absolute Gasteiger partial charge is 0.229 e. The third kappa shape index (κ3) is 8.96. The first-order chi connectivity index (χ1) is 25.7. The molecule has 3 fully saturated rings. The van der Waals surface area contributed by atoms with Gasteiger partial charge in [0.2, 0.25) is 6.29 Å². The van der Waals surface area contributed by atoms with E-state index in [1.165, 1.54) is 19.2 Å². The van der Waals surface area contributed by atoms with Crippen LogP contribution in [0.4, 0.5) is 0 Å². The molecule has 0 bridgehead atoms. The SMILES string of the molecule is [C-]#[N+]/C=C/c1ccc(OC2OC(CO)C(OC3OC(CO)C(OC4OC(C)C(NC5C=C(CC)C(O)C(O)C5O)C(O)C4O)C(O)C3O)C(O)C2O)cc1. The van der Waals surface area contributed by atoms with E-state index in [1.807, 2.05) is 0 Å². The lowest BCUT2D eigenvalue weighted by Gasteiger charge is -2.48. The summed E-state index contributed by atoms with van der Waals surface area (Å²) < 4.78 is 34.4. The van der Waals surface area contributed by atoms with Gasteiger partial charge in [-0.25, -0.2) is 4.85 Å². The van der Waals surface area contributed by atoms with Crippen LogP contribution in [0.15, 0.2) is 42.1 Å². The molecule has 302 valence electrons. The highest BCUT2D eigenvalue weighted by molar-refractivity contribution is 5.51. The van der Waals surface area contributed by atoms with Gasteiger partial charge in [0.25, 0.3) is 0 Å². The highest BCUT2D eigenvalue weighted by atomic mass is 16.8.